The van der Waals surface area contributed by atoms with E-state index in [1.165, 1.54) is 0 Å². The van der Waals surface area contributed by atoms with Crippen LogP contribution < -0.4 is 10.9 Å². The molecule has 1 aromatic heterocycles. The van der Waals surface area contributed by atoms with Gasteiger partial charge in [-0.1, -0.05) is 35.9 Å². The number of rotatable bonds is 7. The van der Waals surface area contributed by atoms with Gasteiger partial charge >= 0.3 is 12.4 Å². The molecule has 4 rings (SSSR count). The van der Waals surface area contributed by atoms with Crippen molar-refractivity contribution in [3.05, 3.63) is 86.0 Å². The van der Waals surface area contributed by atoms with Crippen molar-refractivity contribution in [2.45, 2.75) is 57.3 Å². The van der Waals surface area contributed by atoms with Gasteiger partial charge in [-0.25, -0.2) is 9.37 Å². The number of aromatic nitrogens is 2. The summed E-state index contributed by atoms with van der Waals surface area (Å²) >= 11 is 6.13. The third-order valence-electron chi connectivity index (χ3n) is 6.73. The molecule has 2 aromatic carbocycles. The molecule has 0 aliphatic heterocycles. The Morgan fingerprint density at radius 2 is 1.68 bits per heavy atom. The summed E-state index contributed by atoms with van der Waals surface area (Å²) in [7, 11) is 0. The summed E-state index contributed by atoms with van der Waals surface area (Å²) in [5, 5.41) is 3.06. The van der Waals surface area contributed by atoms with Gasteiger partial charge in [-0.2, -0.15) is 26.3 Å². The van der Waals surface area contributed by atoms with Crippen LogP contribution >= 0.6 is 11.6 Å². The number of halogens is 8. The molecule has 0 saturated heterocycles. The van der Waals surface area contributed by atoms with Gasteiger partial charge in [0.25, 0.3) is 5.56 Å². The molecule has 0 unspecified atom stereocenters. The summed E-state index contributed by atoms with van der Waals surface area (Å²) in [5.74, 6) is -3.72. The smallest absolute Gasteiger partial charge is 0.373 e. The number of aromatic amines is 1. The van der Waals surface area contributed by atoms with E-state index in [-0.39, 0.29) is 12.2 Å². The van der Waals surface area contributed by atoms with Crippen molar-refractivity contribution in [1.82, 2.24) is 15.3 Å². The third-order valence-corrected chi connectivity index (χ3v) is 7.10. The lowest BCUT2D eigenvalue weighted by Gasteiger charge is -2.28. The van der Waals surface area contributed by atoms with Gasteiger partial charge in [-0.3, -0.25) is 9.59 Å². The Labute approximate surface area is 233 Å². The molecule has 0 spiro atoms. The molecule has 1 aliphatic carbocycles. The van der Waals surface area contributed by atoms with Crippen LogP contribution in [0.25, 0.3) is 11.4 Å². The van der Waals surface area contributed by atoms with E-state index in [0.717, 1.165) is 11.6 Å². The first-order valence-electron chi connectivity index (χ1n) is 12.4. The summed E-state index contributed by atoms with van der Waals surface area (Å²) in [6, 6.07) is 8.51. The average molecular weight is 606 g/mol. The fraction of sp³-hybridized carbons (Fsp3) is 0.370. The van der Waals surface area contributed by atoms with Crippen LogP contribution in [0.5, 0.6) is 0 Å². The van der Waals surface area contributed by atoms with Gasteiger partial charge in [0.15, 0.2) is 5.69 Å². The van der Waals surface area contributed by atoms with Crippen molar-refractivity contribution in [2.75, 3.05) is 0 Å². The first-order chi connectivity index (χ1) is 19.2. The number of hydrogen-bond acceptors (Lipinski definition) is 4. The van der Waals surface area contributed by atoms with Gasteiger partial charge in [-0.05, 0) is 43.4 Å². The van der Waals surface area contributed by atoms with Crippen molar-refractivity contribution < 1.29 is 40.3 Å². The van der Waals surface area contributed by atoms with E-state index in [1.54, 1.807) is 17.1 Å². The van der Waals surface area contributed by atoms with Crippen molar-refractivity contribution in [2.24, 2.45) is 5.92 Å². The highest BCUT2D eigenvalue weighted by Gasteiger charge is 2.39. The Morgan fingerprint density at radius 3 is 2.32 bits per heavy atom. The molecule has 14 heteroatoms. The molecule has 1 fully saturated rings. The average Bonchev–Trinajstić information content (AvgIpc) is 2.90. The second kappa shape index (κ2) is 12.2. The fourth-order valence-corrected chi connectivity index (χ4v) is 4.78. The summed E-state index contributed by atoms with van der Waals surface area (Å²) in [6.45, 7) is -0.231. The Morgan fingerprint density at radius 1 is 1.00 bits per heavy atom. The van der Waals surface area contributed by atoms with Crippen LogP contribution in [0.1, 0.15) is 48.1 Å². The molecular formula is C27H23ClF7N3O3. The van der Waals surface area contributed by atoms with E-state index in [0.29, 0.717) is 43.4 Å². The second-order valence-electron chi connectivity index (χ2n) is 9.53. The number of amides is 1. The highest BCUT2D eigenvalue weighted by Crippen LogP contribution is 2.39. The lowest BCUT2D eigenvalue weighted by Crippen LogP contribution is -2.34. The van der Waals surface area contributed by atoms with E-state index < -0.39 is 70.3 Å². The molecule has 1 saturated carbocycles. The Bertz CT molecular complexity index is 1470. The quantitative estimate of drug-likeness (QED) is 0.295. The minimum absolute atomic E-state index is 0.0509. The van der Waals surface area contributed by atoms with Crippen LogP contribution in [0, 0.1) is 11.7 Å². The maximum Gasteiger partial charge on any atom is 0.433 e. The number of hydrogen-bond donors (Lipinski definition) is 2. The minimum atomic E-state index is -5.18. The Kier molecular flexibility index (Phi) is 9.07. The van der Waals surface area contributed by atoms with E-state index in [9.17, 15) is 35.9 Å². The minimum Gasteiger partial charge on any atom is -0.373 e. The largest absolute Gasteiger partial charge is 0.433 e. The molecule has 0 radical (unpaired) electrons. The molecular weight excluding hydrogens is 583 g/mol. The number of benzene rings is 2. The van der Waals surface area contributed by atoms with Gasteiger partial charge in [0.2, 0.25) is 5.91 Å². The molecule has 0 bridgehead atoms. The van der Waals surface area contributed by atoms with E-state index in [1.807, 2.05) is 12.1 Å². The van der Waals surface area contributed by atoms with Crippen molar-refractivity contribution in [3.63, 3.8) is 0 Å². The molecule has 1 amide bonds. The number of nitrogens with one attached hydrogen (secondary N) is 2. The summed E-state index contributed by atoms with van der Waals surface area (Å²) < 4.78 is 102. The molecule has 41 heavy (non-hydrogen) atoms. The van der Waals surface area contributed by atoms with Crippen LogP contribution in [0.15, 0.2) is 47.3 Å². The van der Waals surface area contributed by atoms with E-state index in [2.05, 4.69) is 10.3 Å². The summed E-state index contributed by atoms with van der Waals surface area (Å²) in [5.41, 5.74) is -5.80. The van der Waals surface area contributed by atoms with Crippen LogP contribution in [0.3, 0.4) is 0 Å². The number of H-pyrrole nitrogens is 1. The topological polar surface area (TPSA) is 84.1 Å². The highest BCUT2D eigenvalue weighted by atomic mass is 35.5. The maximum absolute atomic E-state index is 15.4. The number of carbonyl (C=O) groups excluding carboxylic acids is 1. The maximum atomic E-state index is 15.4. The molecule has 3 aromatic rings. The molecule has 0 atom stereocenters. The molecule has 1 heterocycles. The summed E-state index contributed by atoms with van der Waals surface area (Å²) in [4.78, 5) is 29.3. The van der Waals surface area contributed by atoms with Crippen LogP contribution in [-0.2, 0) is 35.0 Å². The molecule has 1 aliphatic rings. The SMILES string of the molecule is O=c1cc(C(F)(F)F)nc(-c2c(C(F)(F)F)ccc(CNC(=O)[C@H]3CC[C@H](OCc4ccccc4Cl)CC3)c2F)[nH]1. The van der Waals surface area contributed by atoms with Gasteiger partial charge in [-0.15, -0.1) is 0 Å². The van der Waals surface area contributed by atoms with Gasteiger partial charge in [0.05, 0.1) is 23.8 Å². The number of alkyl halides is 6. The summed E-state index contributed by atoms with van der Waals surface area (Å²) in [6.07, 6.45) is -8.41. The molecule has 2 N–H and O–H groups in total. The number of nitrogens with zero attached hydrogens (tertiary/aromatic N) is 1. The molecule has 6 nitrogen and oxygen atoms in total. The number of carbonyl (C=O) groups is 1. The van der Waals surface area contributed by atoms with Gasteiger partial charge < -0.3 is 15.0 Å². The predicted molar refractivity (Wildman–Crippen MR) is 134 cm³/mol. The van der Waals surface area contributed by atoms with Crippen molar-refractivity contribution in [3.8, 4) is 11.4 Å². The fourth-order valence-electron chi connectivity index (χ4n) is 4.59. The Hall–Kier alpha value is -3.45. The standard InChI is InChI=1S/C27H23ClF7N3O3/c28-19-4-2-1-3-16(19)13-41-17-8-5-14(6-9-17)25(40)36-12-15-7-10-18(26(30,31)32)22(23(15)29)24-37-20(27(33,34)35)11-21(39)38-24/h1-4,7,10-11,14,17H,5-6,8-9,12-13H2,(H,36,40)(H,37,38,39)/t14-,17-. The zero-order valence-electron chi connectivity index (χ0n) is 21.1. The molecule has 220 valence electrons. The second-order valence-corrected chi connectivity index (χ2v) is 9.94. The van der Waals surface area contributed by atoms with Crippen LogP contribution in [0.2, 0.25) is 5.02 Å². The zero-order valence-corrected chi connectivity index (χ0v) is 21.9. The van der Waals surface area contributed by atoms with Crippen molar-refractivity contribution in [1.29, 1.82) is 0 Å². The third kappa shape index (κ3) is 7.45. The normalized spacial score (nSPS) is 17.9. The zero-order chi connectivity index (χ0) is 29.9. The van der Waals surface area contributed by atoms with Gasteiger partial charge in [0.1, 0.15) is 11.6 Å². The Balaban J connectivity index is 1.45. The number of ether oxygens (including phenoxy) is 1. The van der Waals surface area contributed by atoms with Crippen molar-refractivity contribution >= 4 is 17.5 Å². The van der Waals surface area contributed by atoms with Crippen LogP contribution in [-0.4, -0.2) is 22.0 Å². The lowest BCUT2D eigenvalue weighted by molar-refractivity contribution is -0.141. The van der Waals surface area contributed by atoms with Crippen LogP contribution in [0.4, 0.5) is 30.7 Å². The van der Waals surface area contributed by atoms with Gasteiger partial charge in [0, 0.05) is 29.1 Å². The monoisotopic (exact) mass is 605 g/mol. The van der Waals surface area contributed by atoms with E-state index in [4.69, 9.17) is 16.3 Å². The van der Waals surface area contributed by atoms with E-state index >= 15 is 4.39 Å². The predicted octanol–water partition coefficient (Wildman–Crippen LogP) is 6.66. The lowest BCUT2D eigenvalue weighted by atomic mass is 9.86. The first-order valence-corrected chi connectivity index (χ1v) is 12.8. The highest BCUT2D eigenvalue weighted by molar-refractivity contribution is 6.31. The first kappa shape index (κ1) is 30.5.